The van der Waals surface area contributed by atoms with Crippen molar-refractivity contribution in [3.63, 3.8) is 0 Å². The van der Waals surface area contributed by atoms with Gasteiger partial charge in [0.15, 0.2) is 0 Å². The van der Waals surface area contributed by atoms with Crippen molar-refractivity contribution in [1.29, 1.82) is 0 Å². The SMILES string of the molecule is CC(c1ccc(OCc2ccccc2)cc1)N(O)C(=O)NO. The highest BCUT2D eigenvalue weighted by Gasteiger charge is 2.19. The number of hydroxylamine groups is 3. The molecule has 0 heterocycles. The average molecular weight is 302 g/mol. The first-order valence-electron chi connectivity index (χ1n) is 6.80. The van der Waals surface area contributed by atoms with Gasteiger partial charge >= 0.3 is 6.03 Å². The Labute approximate surface area is 128 Å². The summed E-state index contributed by atoms with van der Waals surface area (Å²) >= 11 is 0. The molecular formula is C16H18N2O4. The summed E-state index contributed by atoms with van der Waals surface area (Å²) in [7, 11) is 0. The highest BCUT2D eigenvalue weighted by atomic mass is 16.5. The van der Waals surface area contributed by atoms with E-state index in [4.69, 9.17) is 9.94 Å². The average Bonchev–Trinajstić information content (AvgIpc) is 2.59. The van der Waals surface area contributed by atoms with Crippen LogP contribution in [0.3, 0.4) is 0 Å². The topological polar surface area (TPSA) is 82.0 Å². The zero-order valence-corrected chi connectivity index (χ0v) is 12.1. The Hall–Kier alpha value is -2.57. The van der Waals surface area contributed by atoms with E-state index in [0.29, 0.717) is 23.0 Å². The van der Waals surface area contributed by atoms with Crippen molar-refractivity contribution in [2.75, 3.05) is 0 Å². The molecule has 0 bridgehead atoms. The van der Waals surface area contributed by atoms with Crippen molar-refractivity contribution in [3.05, 3.63) is 65.7 Å². The summed E-state index contributed by atoms with van der Waals surface area (Å²) in [4.78, 5) is 11.1. The van der Waals surface area contributed by atoms with Crippen molar-refractivity contribution in [1.82, 2.24) is 10.5 Å². The van der Waals surface area contributed by atoms with E-state index in [1.165, 1.54) is 5.48 Å². The van der Waals surface area contributed by atoms with Gasteiger partial charge in [-0.05, 0) is 30.2 Å². The molecule has 1 unspecified atom stereocenters. The van der Waals surface area contributed by atoms with E-state index in [2.05, 4.69) is 0 Å². The molecule has 3 N–H and O–H groups in total. The minimum absolute atomic E-state index is 0.417. The minimum Gasteiger partial charge on any atom is -0.489 e. The second kappa shape index (κ2) is 7.44. The molecule has 0 saturated carbocycles. The number of carbonyl (C=O) groups excluding carboxylic acids is 1. The summed E-state index contributed by atoms with van der Waals surface area (Å²) in [6.07, 6.45) is 0. The lowest BCUT2D eigenvalue weighted by Crippen LogP contribution is -2.37. The summed E-state index contributed by atoms with van der Waals surface area (Å²) in [5, 5.41) is 18.5. The second-order valence-corrected chi connectivity index (χ2v) is 4.78. The number of ether oxygens (including phenoxy) is 1. The van der Waals surface area contributed by atoms with Crippen LogP contribution in [0.1, 0.15) is 24.1 Å². The molecule has 6 heteroatoms. The molecule has 116 valence electrons. The Morgan fingerprint density at radius 3 is 2.41 bits per heavy atom. The van der Waals surface area contributed by atoms with Gasteiger partial charge in [-0.25, -0.2) is 10.3 Å². The molecule has 2 rings (SSSR count). The molecule has 6 nitrogen and oxygen atoms in total. The van der Waals surface area contributed by atoms with Crippen LogP contribution in [-0.4, -0.2) is 21.5 Å². The number of amides is 2. The van der Waals surface area contributed by atoms with Gasteiger partial charge in [0.1, 0.15) is 12.4 Å². The first kappa shape index (κ1) is 15.8. The van der Waals surface area contributed by atoms with Gasteiger partial charge in [-0.2, -0.15) is 5.06 Å². The highest BCUT2D eigenvalue weighted by Crippen LogP contribution is 2.22. The third kappa shape index (κ3) is 3.97. The maximum atomic E-state index is 11.1. The Balaban J connectivity index is 1.96. The number of nitrogens with one attached hydrogen (secondary N) is 1. The van der Waals surface area contributed by atoms with Gasteiger partial charge in [0.05, 0.1) is 6.04 Å². The quantitative estimate of drug-likeness (QED) is 0.585. The maximum absolute atomic E-state index is 11.1. The van der Waals surface area contributed by atoms with Crippen LogP contribution in [0.5, 0.6) is 5.75 Å². The normalized spacial score (nSPS) is 11.6. The Kier molecular flexibility index (Phi) is 5.35. The third-order valence-corrected chi connectivity index (χ3v) is 3.28. The summed E-state index contributed by atoms with van der Waals surface area (Å²) in [5.41, 5.74) is 3.15. The van der Waals surface area contributed by atoms with Gasteiger partial charge in [-0.3, -0.25) is 10.4 Å². The molecule has 2 aromatic carbocycles. The summed E-state index contributed by atoms with van der Waals surface area (Å²) in [6, 6.07) is 15.2. The molecule has 22 heavy (non-hydrogen) atoms. The predicted octanol–water partition coefficient (Wildman–Crippen LogP) is 3.12. The van der Waals surface area contributed by atoms with Crippen LogP contribution in [0, 0.1) is 0 Å². The summed E-state index contributed by atoms with van der Waals surface area (Å²) < 4.78 is 5.66. The first-order chi connectivity index (χ1) is 10.6. The predicted molar refractivity (Wildman–Crippen MR) is 79.6 cm³/mol. The standard InChI is InChI=1S/C16H18N2O4/c1-12(18(21)16(19)17-20)14-7-9-15(10-8-14)22-11-13-5-3-2-4-6-13/h2-10,12,20-21H,11H2,1H3,(H,17,19). The number of rotatable bonds is 5. The van der Waals surface area contributed by atoms with Crippen molar-refractivity contribution in [2.45, 2.75) is 19.6 Å². The molecule has 0 aliphatic carbocycles. The van der Waals surface area contributed by atoms with E-state index < -0.39 is 12.1 Å². The first-order valence-corrected chi connectivity index (χ1v) is 6.80. The van der Waals surface area contributed by atoms with Gasteiger partial charge in [0, 0.05) is 0 Å². The molecule has 2 amide bonds. The van der Waals surface area contributed by atoms with Crippen LogP contribution in [0.25, 0.3) is 0 Å². The van der Waals surface area contributed by atoms with Crippen molar-refractivity contribution >= 4 is 6.03 Å². The molecule has 0 aliphatic rings. The number of carbonyl (C=O) groups is 1. The minimum atomic E-state index is -0.989. The second-order valence-electron chi connectivity index (χ2n) is 4.78. The summed E-state index contributed by atoms with van der Waals surface area (Å²) in [5.74, 6) is 0.691. The monoisotopic (exact) mass is 302 g/mol. The molecule has 0 aliphatic heterocycles. The highest BCUT2D eigenvalue weighted by molar-refractivity contribution is 5.71. The fourth-order valence-corrected chi connectivity index (χ4v) is 1.95. The molecule has 0 radical (unpaired) electrons. The van der Waals surface area contributed by atoms with E-state index in [1.807, 2.05) is 30.3 Å². The maximum Gasteiger partial charge on any atom is 0.365 e. The Morgan fingerprint density at radius 1 is 1.18 bits per heavy atom. The largest absolute Gasteiger partial charge is 0.489 e. The third-order valence-electron chi connectivity index (χ3n) is 3.28. The lowest BCUT2D eigenvalue weighted by Gasteiger charge is -2.21. The molecule has 1 atom stereocenters. The van der Waals surface area contributed by atoms with Crippen LogP contribution in [0.2, 0.25) is 0 Å². The van der Waals surface area contributed by atoms with E-state index in [9.17, 15) is 10.0 Å². The van der Waals surface area contributed by atoms with Gasteiger partial charge in [0.2, 0.25) is 0 Å². The number of urea groups is 1. The summed E-state index contributed by atoms with van der Waals surface area (Å²) in [6.45, 7) is 2.10. The number of hydrogen-bond acceptors (Lipinski definition) is 4. The van der Waals surface area contributed by atoms with Crippen LogP contribution < -0.4 is 10.2 Å². The van der Waals surface area contributed by atoms with E-state index in [0.717, 1.165) is 5.56 Å². The molecule has 2 aromatic rings. The van der Waals surface area contributed by atoms with E-state index in [-0.39, 0.29) is 0 Å². The molecular weight excluding hydrogens is 284 g/mol. The number of hydrogen-bond donors (Lipinski definition) is 3. The Bertz CT molecular complexity index is 601. The van der Waals surface area contributed by atoms with Crippen LogP contribution >= 0.6 is 0 Å². The smallest absolute Gasteiger partial charge is 0.365 e. The fourth-order valence-electron chi connectivity index (χ4n) is 1.95. The van der Waals surface area contributed by atoms with Gasteiger partial charge in [-0.15, -0.1) is 0 Å². The van der Waals surface area contributed by atoms with Crippen LogP contribution in [0.15, 0.2) is 54.6 Å². The van der Waals surface area contributed by atoms with Crippen LogP contribution in [-0.2, 0) is 6.61 Å². The van der Waals surface area contributed by atoms with E-state index >= 15 is 0 Å². The zero-order chi connectivity index (χ0) is 15.9. The van der Waals surface area contributed by atoms with Gasteiger partial charge in [0.25, 0.3) is 0 Å². The Morgan fingerprint density at radius 2 is 1.82 bits per heavy atom. The van der Waals surface area contributed by atoms with Crippen molar-refractivity contribution in [2.24, 2.45) is 0 Å². The molecule has 0 aromatic heterocycles. The number of benzene rings is 2. The van der Waals surface area contributed by atoms with Crippen molar-refractivity contribution < 1.29 is 19.9 Å². The molecule has 0 saturated heterocycles. The van der Waals surface area contributed by atoms with E-state index in [1.54, 1.807) is 31.2 Å². The van der Waals surface area contributed by atoms with Gasteiger partial charge < -0.3 is 4.74 Å². The molecule has 0 fully saturated rings. The lowest BCUT2D eigenvalue weighted by atomic mass is 10.1. The van der Waals surface area contributed by atoms with Crippen LogP contribution in [0.4, 0.5) is 4.79 Å². The van der Waals surface area contributed by atoms with Crippen molar-refractivity contribution in [3.8, 4) is 5.75 Å². The molecule has 0 spiro atoms. The number of nitrogens with zero attached hydrogens (tertiary/aromatic N) is 1. The van der Waals surface area contributed by atoms with Gasteiger partial charge in [-0.1, -0.05) is 42.5 Å². The lowest BCUT2D eigenvalue weighted by molar-refractivity contribution is -0.0844. The fraction of sp³-hybridized carbons (Fsp3) is 0.188. The zero-order valence-electron chi connectivity index (χ0n) is 12.1.